The van der Waals surface area contributed by atoms with Gasteiger partial charge in [-0.05, 0) is 49.2 Å². The number of unbranched alkanes of at least 4 members (excludes halogenated alkanes) is 1. The van der Waals surface area contributed by atoms with Crippen LogP contribution < -0.4 is 15.0 Å². The molecule has 1 N–H and O–H groups in total. The van der Waals surface area contributed by atoms with Crippen LogP contribution in [0.4, 0.5) is 10.5 Å². The summed E-state index contributed by atoms with van der Waals surface area (Å²) in [6, 6.07) is 16.2. The molecular weight excluding hydrogens is 412 g/mol. The molecule has 2 fully saturated rings. The molecule has 31 heavy (non-hydrogen) atoms. The summed E-state index contributed by atoms with van der Waals surface area (Å²) in [6.45, 7) is 6.66. The normalized spacial score (nSPS) is 19.5. The van der Waals surface area contributed by atoms with Gasteiger partial charge in [-0.1, -0.05) is 29.8 Å². The number of benzene rings is 2. The smallest absolute Gasteiger partial charge is 0.318 e. The zero-order valence-corrected chi connectivity index (χ0v) is 18.9. The van der Waals surface area contributed by atoms with E-state index in [1.165, 1.54) is 5.69 Å². The van der Waals surface area contributed by atoms with Gasteiger partial charge in [0.2, 0.25) is 0 Å². The molecule has 0 aromatic heterocycles. The maximum Gasteiger partial charge on any atom is 0.318 e. The van der Waals surface area contributed by atoms with Crippen LogP contribution in [-0.4, -0.2) is 68.8 Å². The number of nitrogens with one attached hydrogen (secondary N) is 1. The van der Waals surface area contributed by atoms with Crippen molar-refractivity contribution in [1.82, 2.24) is 15.1 Å². The van der Waals surface area contributed by atoms with Crippen molar-refractivity contribution in [2.24, 2.45) is 0 Å². The molecule has 2 aromatic carbocycles. The molecule has 0 bridgehead atoms. The predicted molar refractivity (Wildman–Crippen MR) is 125 cm³/mol. The van der Waals surface area contributed by atoms with Gasteiger partial charge in [-0.25, -0.2) is 4.79 Å². The fourth-order valence-corrected chi connectivity index (χ4v) is 4.66. The quantitative estimate of drug-likeness (QED) is 0.627. The van der Waals surface area contributed by atoms with Crippen LogP contribution in [-0.2, 0) is 0 Å². The minimum absolute atomic E-state index is 0.0249. The first-order chi connectivity index (χ1) is 15.1. The maximum atomic E-state index is 12.3. The van der Waals surface area contributed by atoms with Crippen molar-refractivity contribution >= 4 is 23.3 Å². The Bertz CT molecular complexity index is 885. The van der Waals surface area contributed by atoms with Crippen molar-refractivity contribution in [3.63, 3.8) is 0 Å². The summed E-state index contributed by atoms with van der Waals surface area (Å²) in [6.07, 6.45) is 2.09. The summed E-state index contributed by atoms with van der Waals surface area (Å²) >= 11 is 6.15. The lowest BCUT2D eigenvalue weighted by Crippen LogP contribution is -2.46. The number of carbonyl (C=O) groups is 1. The fraction of sp³-hybridized carbons (Fsp3) is 0.458. The number of rotatable bonds is 8. The summed E-state index contributed by atoms with van der Waals surface area (Å²) < 4.78 is 5.35. The number of carbonyl (C=O) groups excluding carboxylic acids is 1. The number of hydrogen-bond acceptors (Lipinski definition) is 4. The molecule has 2 heterocycles. The number of methoxy groups -OCH3 is 1. The van der Waals surface area contributed by atoms with E-state index in [0.717, 1.165) is 63.4 Å². The molecule has 2 aliphatic heterocycles. The minimum Gasteiger partial charge on any atom is -0.497 e. The Morgan fingerprint density at radius 1 is 1.03 bits per heavy atom. The Morgan fingerprint density at radius 3 is 2.58 bits per heavy atom. The van der Waals surface area contributed by atoms with Crippen LogP contribution in [0.2, 0.25) is 5.02 Å². The lowest BCUT2D eigenvalue weighted by molar-refractivity contribution is 0.199. The van der Waals surface area contributed by atoms with Crippen molar-refractivity contribution in [2.75, 3.05) is 57.8 Å². The number of urea groups is 1. The molecular formula is C24H31ClN4O2. The monoisotopic (exact) mass is 442 g/mol. The number of halogens is 1. The predicted octanol–water partition coefficient (Wildman–Crippen LogP) is 4.02. The Morgan fingerprint density at radius 2 is 1.81 bits per heavy atom. The summed E-state index contributed by atoms with van der Waals surface area (Å²) in [5.74, 6) is 0.905. The van der Waals surface area contributed by atoms with Gasteiger partial charge in [-0.15, -0.1) is 0 Å². The van der Waals surface area contributed by atoms with Gasteiger partial charge in [-0.3, -0.25) is 4.90 Å². The maximum absolute atomic E-state index is 12.3. The third kappa shape index (κ3) is 5.43. The van der Waals surface area contributed by atoms with Crippen LogP contribution in [0.15, 0.2) is 48.5 Å². The van der Waals surface area contributed by atoms with E-state index in [1.807, 2.05) is 41.3 Å². The number of nitrogens with zero attached hydrogens (tertiary/aromatic N) is 3. The van der Waals surface area contributed by atoms with Gasteiger partial charge in [0.15, 0.2) is 0 Å². The zero-order chi connectivity index (χ0) is 21.6. The average Bonchev–Trinajstić information content (AvgIpc) is 3.17. The number of piperazine rings is 1. The SMILES string of the molecule is COc1cccc(N2CCN(CCCCN3C(=O)NCC3c3cccc(Cl)c3)CC2)c1. The fourth-order valence-electron chi connectivity index (χ4n) is 4.46. The first kappa shape index (κ1) is 21.8. The molecule has 2 saturated heterocycles. The Balaban J connectivity index is 1.21. The number of ether oxygens (including phenoxy) is 1. The second-order valence-corrected chi connectivity index (χ2v) is 8.62. The van der Waals surface area contributed by atoms with E-state index in [0.29, 0.717) is 11.6 Å². The first-order valence-corrected chi connectivity index (χ1v) is 11.4. The van der Waals surface area contributed by atoms with E-state index in [4.69, 9.17) is 16.3 Å². The standard InChI is InChI=1S/C24H31ClN4O2/c1-31-22-9-5-8-21(17-22)28-14-12-27(13-15-28)10-2-3-11-29-23(18-26-24(29)30)19-6-4-7-20(25)16-19/h4-9,16-17,23H,2-3,10-15,18H2,1H3,(H,26,30). The number of amides is 2. The molecule has 0 spiro atoms. The third-order valence-corrected chi connectivity index (χ3v) is 6.47. The summed E-state index contributed by atoms with van der Waals surface area (Å²) in [5, 5.41) is 3.69. The minimum atomic E-state index is 0.0249. The van der Waals surface area contributed by atoms with E-state index < -0.39 is 0 Å². The number of hydrogen-bond donors (Lipinski definition) is 1. The van der Waals surface area contributed by atoms with Crippen LogP contribution in [0.3, 0.4) is 0 Å². The van der Waals surface area contributed by atoms with Crippen LogP contribution in [0, 0.1) is 0 Å². The van der Waals surface area contributed by atoms with Gasteiger partial charge in [0.05, 0.1) is 13.2 Å². The number of anilines is 1. The van der Waals surface area contributed by atoms with Crippen LogP contribution in [0.5, 0.6) is 5.75 Å². The molecule has 6 nitrogen and oxygen atoms in total. The van der Waals surface area contributed by atoms with Crippen molar-refractivity contribution in [2.45, 2.75) is 18.9 Å². The molecule has 2 amide bonds. The van der Waals surface area contributed by atoms with Gasteiger partial charge in [0.25, 0.3) is 0 Å². The molecule has 0 aliphatic carbocycles. The summed E-state index contributed by atoms with van der Waals surface area (Å²) in [7, 11) is 1.71. The first-order valence-electron chi connectivity index (χ1n) is 11.1. The molecule has 166 valence electrons. The van der Waals surface area contributed by atoms with E-state index >= 15 is 0 Å². The highest BCUT2D eigenvalue weighted by Gasteiger charge is 2.31. The van der Waals surface area contributed by atoms with Crippen molar-refractivity contribution in [3.05, 3.63) is 59.1 Å². The van der Waals surface area contributed by atoms with Gasteiger partial charge in [0.1, 0.15) is 5.75 Å². The highest BCUT2D eigenvalue weighted by Crippen LogP contribution is 2.27. The zero-order valence-electron chi connectivity index (χ0n) is 18.1. The highest BCUT2D eigenvalue weighted by atomic mass is 35.5. The van der Waals surface area contributed by atoms with Gasteiger partial charge >= 0.3 is 6.03 Å². The molecule has 1 atom stereocenters. The Labute approximate surface area is 189 Å². The second kappa shape index (κ2) is 10.2. The van der Waals surface area contributed by atoms with Gasteiger partial charge in [0, 0.05) is 56.0 Å². The van der Waals surface area contributed by atoms with Crippen molar-refractivity contribution in [3.8, 4) is 5.75 Å². The summed E-state index contributed by atoms with van der Waals surface area (Å²) in [5.41, 5.74) is 2.32. The molecule has 0 saturated carbocycles. The van der Waals surface area contributed by atoms with Crippen LogP contribution in [0.25, 0.3) is 0 Å². The molecule has 2 aromatic rings. The van der Waals surface area contributed by atoms with E-state index in [-0.39, 0.29) is 12.1 Å². The lowest BCUT2D eigenvalue weighted by Gasteiger charge is -2.36. The summed E-state index contributed by atoms with van der Waals surface area (Å²) in [4.78, 5) is 19.2. The Kier molecular flexibility index (Phi) is 7.20. The highest BCUT2D eigenvalue weighted by molar-refractivity contribution is 6.30. The molecule has 4 rings (SSSR count). The topological polar surface area (TPSA) is 48.1 Å². The van der Waals surface area contributed by atoms with E-state index in [2.05, 4.69) is 27.2 Å². The largest absolute Gasteiger partial charge is 0.497 e. The molecule has 0 radical (unpaired) electrons. The van der Waals surface area contributed by atoms with Gasteiger partial charge in [-0.2, -0.15) is 0 Å². The molecule has 1 unspecified atom stereocenters. The van der Waals surface area contributed by atoms with Crippen LogP contribution >= 0.6 is 11.6 Å². The van der Waals surface area contributed by atoms with Crippen molar-refractivity contribution < 1.29 is 9.53 Å². The molecule has 2 aliphatic rings. The van der Waals surface area contributed by atoms with E-state index in [9.17, 15) is 4.79 Å². The van der Waals surface area contributed by atoms with Gasteiger partial charge < -0.3 is 19.9 Å². The van der Waals surface area contributed by atoms with Crippen molar-refractivity contribution in [1.29, 1.82) is 0 Å². The van der Waals surface area contributed by atoms with Crippen LogP contribution in [0.1, 0.15) is 24.4 Å². The average molecular weight is 443 g/mol. The molecule has 7 heteroatoms. The lowest BCUT2D eigenvalue weighted by atomic mass is 10.1. The third-order valence-electron chi connectivity index (χ3n) is 6.23. The second-order valence-electron chi connectivity index (χ2n) is 8.19. The Hall–Kier alpha value is -2.44. The van der Waals surface area contributed by atoms with E-state index in [1.54, 1.807) is 7.11 Å².